The average molecular weight is 501 g/mol. The highest BCUT2D eigenvalue weighted by Crippen LogP contribution is 2.35. The van der Waals surface area contributed by atoms with Gasteiger partial charge in [0.2, 0.25) is 0 Å². The summed E-state index contributed by atoms with van der Waals surface area (Å²) in [6.45, 7) is 6.59. The predicted molar refractivity (Wildman–Crippen MR) is 168 cm³/mol. The van der Waals surface area contributed by atoms with Crippen LogP contribution in [0.5, 0.6) is 0 Å². The summed E-state index contributed by atoms with van der Waals surface area (Å²) < 4.78 is 4.69. The minimum Gasteiger partial charge on any atom is -0.309 e. The first-order valence-corrected chi connectivity index (χ1v) is 13.4. The van der Waals surface area contributed by atoms with Crippen molar-refractivity contribution in [3.05, 3.63) is 152 Å². The van der Waals surface area contributed by atoms with Crippen LogP contribution in [0.2, 0.25) is 0 Å². The lowest BCUT2D eigenvalue weighted by Gasteiger charge is -2.13. The molecule has 0 unspecified atom stereocenters. The Morgan fingerprint density at radius 3 is 1.62 bits per heavy atom. The van der Waals surface area contributed by atoms with Crippen LogP contribution >= 0.6 is 0 Å². The van der Waals surface area contributed by atoms with E-state index in [9.17, 15) is 0 Å². The van der Waals surface area contributed by atoms with E-state index in [0.29, 0.717) is 0 Å². The molecule has 0 saturated heterocycles. The first kappa shape index (κ1) is 23.1. The van der Waals surface area contributed by atoms with Crippen molar-refractivity contribution >= 4 is 54.9 Å². The maximum atomic E-state index is 4.53. The molecule has 0 spiro atoms. The predicted octanol–water partition coefficient (Wildman–Crippen LogP) is 10.0. The highest BCUT2D eigenvalue weighted by Gasteiger charge is 2.14. The van der Waals surface area contributed by atoms with E-state index in [2.05, 4.69) is 162 Å². The van der Waals surface area contributed by atoms with Crippen molar-refractivity contribution in [3.8, 4) is 5.69 Å². The van der Waals surface area contributed by atoms with E-state index in [-0.39, 0.29) is 0 Å². The Bertz CT molecular complexity index is 1990. The van der Waals surface area contributed by atoms with Crippen molar-refractivity contribution in [1.82, 2.24) is 9.13 Å². The molecule has 2 aromatic heterocycles. The van der Waals surface area contributed by atoms with E-state index in [0.717, 1.165) is 22.5 Å². The quantitative estimate of drug-likeness (QED) is 0.208. The Morgan fingerprint density at radius 2 is 1.08 bits per heavy atom. The molecule has 0 amide bonds. The summed E-state index contributed by atoms with van der Waals surface area (Å²) in [7, 11) is 0. The third-order valence-corrected chi connectivity index (χ3v) is 7.55. The Kier molecular flexibility index (Phi) is 5.53. The van der Waals surface area contributed by atoms with Gasteiger partial charge in [0, 0.05) is 32.9 Å². The van der Waals surface area contributed by atoms with Crippen LogP contribution in [0.25, 0.3) is 60.6 Å². The molecule has 0 bridgehead atoms. The molecule has 7 aromatic rings. The fourth-order valence-electron chi connectivity index (χ4n) is 5.87. The lowest BCUT2D eigenvalue weighted by atomic mass is 10.0. The molecule has 0 N–H and O–H groups in total. The van der Waals surface area contributed by atoms with Gasteiger partial charge in [0.1, 0.15) is 0 Å². The van der Waals surface area contributed by atoms with Gasteiger partial charge in [-0.05, 0) is 66.6 Å². The molecule has 2 nitrogen and oxygen atoms in total. The van der Waals surface area contributed by atoms with Crippen LogP contribution < -0.4 is 0 Å². The van der Waals surface area contributed by atoms with Crippen molar-refractivity contribution in [2.24, 2.45) is 0 Å². The molecule has 0 aliphatic rings. The van der Waals surface area contributed by atoms with Gasteiger partial charge in [-0.3, -0.25) is 0 Å². The third-order valence-electron chi connectivity index (χ3n) is 7.55. The summed E-state index contributed by atoms with van der Waals surface area (Å²) in [6, 6.07) is 43.2. The van der Waals surface area contributed by atoms with E-state index < -0.39 is 0 Å². The zero-order valence-electron chi connectivity index (χ0n) is 21.9. The van der Waals surface area contributed by atoms with Crippen LogP contribution in [0.15, 0.2) is 146 Å². The second kappa shape index (κ2) is 9.34. The maximum Gasteiger partial charge on any atom is 0.0541 e. The van der Waals surface area contributed by atoms with Gasteiger partial charge in [0.05, 0.1) is 22.1 Å². The lowest BCUT2D eigenvalue weighted by molar-refractivity contribution is 1.18. The molecule has 0 fully saturated rings. The Hall–Kier alpha value is -5.08. The molecular formula is C37H28N2. The van der Waals surface area contributed by atoms with Gasteiger partial charge in [-0.2, -0.15) is 0 Å². The molecule has 186 valence electrons. The van der Waals surface area contributed by atoms with E-state index in [1.54, 1.807) is 0 Å². The molecule has 0 atom stereocenters. The number of aromatic nitrogens is 2. The normalized spacial score (nSPS) is 12.4. The number of rotatable bonds is 5. The minimum absolute atomic E-state index is 0.965. The van der Waals surface area contributed by atoms with Gasteiger partial charge < -0.3 is 9.13 Å². The van der Waals surface area contributed by atoms with Crippen LogP contribution in [0.1, 0.15) is 12.5 Å². The SMILES string of the molecule is C=C(/C=C(\C=C/C)n1c2ccccc2c2ccccc21)c1cccc(-n2c3ccccc3c3ccccc32)c1. The van der Waals surface area contributed by atoms with Crippen LogP contribution in [-0.2, 0) is 0 Å². The molecule has 0 aliphatic carbocycles. The number of allylic oxidation sites excluding steroid dienone is 5. The van der Waals surface area contributed by atoms with E-state index >= 15 is 0 Å². The minimum atomic E-state index is 0.965. The molecule has 0 saturated carbocycles. The largest absolute Gasteiger partial charge is 0.309 e. The lowest BCUT2D eigenvalue weighted by Crippen LogP contribution is -1.97. The van der Waals surface area contributed by atoms with Gasteiger partial charge in [0.25, 0.3) is 0 Å². The first-order chi connectivity index (χ1) is 19.2. The fourth-order valence-corrected chi connectivity index (χ4v) is 5.87. The van der Waals surface area contributed by atoms with Crippen molar-refractivity contribution in [3.63, 3.8) is 0 Å². The van der Waals surface area contributed by atoms with Crippen LogP contribution in [0, 0.1) is 0 Å². The molecule has 39 heavy (non-hydrogen) atoms. The first-order valence-electron chi connectivity index (χ1n) is 13.4. The average Bonchev–Trinajstić information content (AvgIpc) is 3.50. The summed E-state index contributed by atoms with van der Waals surface area (Å²) in [4.78, 5) is 0. The van der Waals surface area contributed by atoms with Gasteiger partial charge >= 0.3 is 0 Å². The third kappa shape index (κ3) is 3.72. The number of nitrogens with zero attached hydrogens (tertiary/aromatic N) is 2. The summed E-state index contributed by atoms with van der Waals surface area (Å²) >= 11 is 0. The number of fused-ring (bicyclic) bond motifs is 6. The van der Waals surface area contributed by atoms with Crippen LogP contribution in [0.4, 0.5) is 0 Å². The van der Waals surface area contributed by atoms with Gasteiger partial charge in [-0.1, -0.05) is 97.6 Å². The molecule has 2 heteroatoms. The molecule has 7 rings (SSSR count). The van der Waals surface area contributed by atoms with E-state index in [4.69, 9.17) is 0 Å². The van der Waals surface area contributed by atoms with Crippen molar-refractivity contribution < 1.29 is 0 Å². The fraction of sp³-hybridized carbons (Fsp3) is 0.0270. The van der Waals surface area contributed by atoms with Crippen LogP contribution in [0.3, 0.4) is 0 Å². The zero-order chi connectivity index (χ0) is 26.3. The monoisotopic (exact) mass is 500 g/mol. The van der Waals surface area contributed by atoms with Gasteiger partial charge in [-0.15, -0.1) is 0 Å². The Balaban J connectivity index is 1.38. The number of hydrogen-bond donors (Lipinski definition) is 0. The van der Waals surface area contributed by atoms with E-state index in [1.807, 2.05) is 0 Å². The molecule has 5 aromatic carbocycles. The molecule has 0 aliphatic heterocycles. The smallest absolute Gasteiger partial charge is 0.0541 e. The standard InChI is InChI=1S/C37H28N2/c1-3-13-28(38-34-20-8-4-16-30(34)31-17-5-9-21-35(31)38)24-26(2)27-14-12-15-29(25-27)39-36-22-10-6-18-32(36)33-19-7-11-23-37(33)39/h3-25H,2H2,1H3/b13-3-,28-24+. The summed E-state index contributed by atoms with van der Waals surface area (Å²) in [5.41, 5.74) is 9.06. The molecule has 2 heterocycles. The second-order valence-electron chi connectivity index (χ2n) is 9.88. The second-order valence-corrected chi connectivity index (χ2v) is 9.88. The Labute approximate surface area is 228 Å². The zero-order valence-corrected chi connectivity index (χ0v) is 21.9. The summed E-state index contributed by atoms with van der Waals surface area (Å²) in [6.07, 6.45) is 6.46. The van der Waals surface area contributed by atoms with Crippen LogP contribution in [-0.4, -0.2) is 9.13 Å². The van der Waals surface area contributed by atoms with Gasteiger partial charge in [-0.25, -0.2) is 0 Å². The highest BCUT2D eigenvalue weighted by atomic mass is 15.0. The molecular weight excluding hydrogens is 472 g/mol. The number of para-hydroxylation sites is 4. The Morgan fingerprint density at radius 1 is 0.590 bits per heavy atom. The summed E-state index contributed by atoms with van der Waals surface area (Å²) in [5.74, 6) is 0. The van der Waals surface area contributed by atoms with Gasteiger partial charge in [0.15, 0.2) is 0 Å². The highest BCUT2D eigenvalue weighted by molar-refractivity contribution is 6.11. The maximum absolute atomic E-state index is 4.53. The van der Waals surface area contributed by atoms with E-state index in [1.165, 1.54) is 43.6 Å². The molecule has 0 radical (unpaired) electrons. The topological polar surface area (TPSA) is 9.86 Å². The van der Waals surface area contributed by atoms with Crippen molar-refractivity contribution in [2.45, 2.75) is 6.92 Å². The number of benzene rings is 5. The number of hydrogen-bond acceptors (Lipinski definition) is 0. The van der Waals surface area contributed by atoms with Crippen molar-refractivity contribution in [2.75, 3.05) is 0 Å². The van der Waals surface area contributed by atoms with Crippen molar-refractivity contribution in [1.29, 1.82) is 0 Å². The summed E-state index contributed by atoms with van der Waals surface area (Å²) in [5, 5.41) is 5.03.